The highest BCUT2D eigenvalue weighted by Gasteiger charge is 2.21. The molecule has 2 rings (SSSR count). The van der Waals surface area contributed by atoms with Gasteiger partial charge in [-0.2, -0.15) is 0 Å². The fourth-order valence-electron chi connectivity index (χ4n) is 1.78. The number of benzene rings is 1. The van der Waals surface area contributed by atoms with Gasteiger partial charge in [-0.25, -0.2) is 0 Å². The summed E-state index contributed by atoms with van der Waals surface area (Å²) >= 11 is 0. The van der Waals surface area contributed by atoms with Gasteiger partial charge in [0, 0.05) is 12.0 Å². The molecule has 1 aromatic rings. The first-order valence-electron chi connectivity index (χ1n) is 4.83. The maximum atomic E-state index is 10.5. The molecule has 2 N–H and O–H groups in total. The van der Waals surface area contributed by atoms with Gasteiger partial charge < -0.3 is 14.9 Å². The van der Waals surface area contributed by atoms with Crippen LogP contribution in [0, 0.1) is 0 Å². The highest BCUT2D eigenvalue weighted by Crippen LogP contribution is 2.34. The molecule has 0 saturated carbocycles. The molecule has 0 bridgehead atoms. The minimum absolute atomic E-state index is 0.292. The third kappa shape index (κ3) is 1.94. The quantitative estimate of drug-likeness (QED) is 0.781. The number of aliphatic hydroxyl groups is 1. The molecule has 0 spiro atoms. The predicted octanol–water partition coefficient (Wildman–Crippen LogP) is 1.13. The number of carbonyl (C=O) groups is 1. The summed E-state index contributed by atoms with van der Waals surface area (Å²) in [7, 11) is 0. The summed E-state index contributed by atoms with van der Waals surface area (Å²) in [6, 6.07) is 5.45. The minimum atomic E-state index is -1.02. The van der Waals surface area contributed by atoms with Gasteiger partial charge in [0.05, 0.1) is 19.1 Å². The van der Waals surface area contributed by atoms with Crippen molar-refractivity contribution in [1.82, 2.24) is 0 Å². The van der Waals surface area contributed by atoms with E-state index >= 15 is 0 Å². The first kappa shape index (κ1) is 9.98. The Morgan fingerprint density at radius 2 is 2.33 bits per heavy atom. The van der Waals surface area contributed by atoms with Gasteiger partial charge in [-0.15, -0.1) is 0 Å². The fourth-order valence-corrected chi connectivity index (χ4v) is 1.78. The molecule has 0 fully saturated rings. The highest BCUT2D eigenvalue weighted by atomic mass is 16.5. The molecule has 0 amide bonds. The first-order chi connectivity index (χ1) is 7.18. The van der Waals surface area contributed by atoms with E-state index in [9.17, 15) is 9.90 Å². The van der Waals surface area contributed by atoms with Gasteiger partial charge in [0.2, 0.25) is 0 Å². The molecular weight excluding hydrogens is 196 g/mol. The normalized spacial score (nSPS) is 15.5. The lowest BCUT2D eigenvalue weighted by atomic mass is 10.0. The van der Waals surface area contributed by atoms with Crippen LogP contribution in [0.15, 0.2) is 18.2 Å². The first-order valence-corrected chi connectivity index (χ1v) is 4.83. The molecule has 80 valence electrons. The summed E-state index contributed by atoms with van der Waals surface area (Å²) in [5.41, 5.74) is 1.62. The molecule has 0 saturated heterocycles. The third-order valence-electron chi connectivity index (χ3n) is 2.47. The number of rotatable bonds is 3. The van der Waals surface area contributed by atoms with Gasteiger partial charge in [0.1, 0.15) is 5.75 Å². The molecule has 1 aliphatic rings. The standard InChI is InChI=1S/C11H12O4/c12-9(6-10(13)14)8-3-1-2-7-4-5-15-11(7)8/h1-3,9,12H,4-6H2,(H,13,14)/t9-/m1/s1. The molecule has 0 unspecified atom stereocenters. The average molecular weight is 208 g/mol. The zero-order valence-electron chi connectivity index (χ0n) is 8.14. The Labute approximate surface area is 87.1 Å². The van der Waals surface area contributed by atoms with Crippen LogP contribution in [0.3, 0.4) is 0 Å². The van der Waals surface area contributed by atoms with Crippen LogP contribution in [0.25, 0.3) is 0 Å². The largest absolute Gasteiger partial charge is 0.493 e. The zero-order valence-corrected chi connectivity index (χ0v) is 8.14. The van der Waals surface area contributed by atoms with Crippen molar-refractivity contribution >= 4 is 5.97 Å². The van der Waals surface area contributed by atoms with Crippen molar-refractivity contribution in [3.8, 4) is 5.75 Å². The van der Waals surface area contributed by atoms with E-state index < -0.39 is 12.1 Å². The number of hydrogen-bond acceptors (Lipinski definition) is 3. The number of para-hydroxylation sites is 1. The predicted molar refractivity (Wildman–Crippen MR) is 52.9 cm³/mol. The van der Waals surface area contributed by atoms with Crippen LogP contribution in [-0.4, -0.2) is 22.8 Å². The number of carboxylic acid groups (broad SMARTS) is 1. The number of aliphatic carboxylic acids is 1. The summed E-state index contributed by atoms with van der Waals surface area (Å²) in [6.07, 6.45) is -0.460. The van der Waals surface area contributed by atoms with Crippen LogP contribution in [0.4, 0.5) is 0 Å². The van der Waals surface area contributed by atoms with Crippen LogP contribution in [0.2, 0.25) is 0 Å². The Morgan fingerprint density at radius 1 is 1.53 bits per heavy atom. The maximum Gasteiger partial charge on any atom is 0.306 e. The third-order valence-corrected chi connectivity index (χ3v) is 2.47. The average Bonchev–Trinajstić information content (AvgIpc) is 2.63. The topological polar surface area (TPSA) is 66.8 Å². The van der Waals surface area contributed by atoms with Crippen molar-refractivity contribution in [3.05, 3.63) is 29.3 Å². The summed E-state index contributed by atoms with van der Waals surface area (Å²) in [6.45, 7) is 0.603. The Morgan fingerprint density at radius 3 is 3.07 bits per heavy atom. The van der Waals surface area contributed by atoms with Gasteiger partial charge in [-0.05, 0) is 5.56 Å². The van der Waals surface area contributed by atoms with Crippen molar-refractivity contribution in [1.29, 1.82) is 0 Å². The molecule has 4 nitrogen and oxygen atoms in total. The second kappa shape index (κ2) is 3.90. The number of hydrogen-bond donors (Lipinski definition) is 2. The van der Waals surface area contributed by atoms with Crippen LogP contribution in [0.1, 0.15) is 23.7 Å². The molecule has 0 radical (unpaired) electrons. The van der Waals surface area contributed by atoms with Crippen molar-refractivity contribution in [2.24, 2.45) is 0 Å². The number of carboxylic acids is 1. The minimum Gasteiger partial charge on any atom is -0.493 e. The fraction of sp³-hybridized carbons (Fsp3) is 0.364. The van der Waals surface area contributed by atoms with Crippen molar-refractivity contribution in [2.75, 3.05) is 6.61 Å². The van der Waals surface area contributed by atoms with E-state index in [0.29, 0.717) is 17.9 Å². The zero-order chi connectivity index (χ0) is 10.8. The van der Waals surface area contributed by atoms with Gasteiger partial charge >= 0.3 is 5.97 Å². The van der Waals surface area contributed by atoms with Crippen LogP contribution < -0.4 is 4.74 Å². The molecule has 1 heterocycles. The molecule has 0 aromatic heterocycles. The molecule has 4 heteroatoms. The van der Waals surface area contributed by atoms with Gasteiger partial charge in [0.15, 0.2) is 0 Å². The Hall–Kier alpha value is -1.55. The van der Waals surface area contributed by atoms with E-state index in [1.54, 1.807) is 6.07 Å². The molecule has 1 aliphatic heterocycles. The number of ether oxygens (including phenoxy) is 1. The van der Waals surface area contributed by atoms with E-state index in [0.717, 1.165) is 12.0 Å². The monoisotopic (exact) mass is 208 g/mol. The maximum absolute atomic E-state index is 10.5. The van der Waals surface area contributed by atoms with Crippen molar-refractivity contribution < 1.29 is 19.7 Å². The van der Waals surface area contributed by atoms with E-state index in [1.807, 2.05) is 12.1 Å². The second-order valence-corrected chi connectivity index (χ2v) is 3.55. The Bertz CT molecular complexity index is 386. The summed E-state index contributed by atoms with van der Waals surface area (Å²) < 4.78 is 5.38. The van der Waals surface area contributed by atoms with E-state index in [-0.39, 0.29) is 6.42 Å². The SMILES string of the molecule is O=C(O)C[C@@H](O)c1cccc2c1OCC2. The summed E-state index contributed by atoms with van der Waals surface area (Å²) in [5, 5.41) is 18.3. The Kier molecular flexibility index (Phi) is 2.60. The number of fused-ring (bicyclic) bond motifs is 1. The van der Waals surface area contributed by atoms with E-state index in [2.05, 4.69) is 0 Å². The number of aliphatic hydroxyl groups excluding tert-OH is 1. The molecule has 1 atom stereocenters. The highest BCUT2D eigenvalue weighted by molar-refractivity contribution is 5.68. The summed E-state index contributed by atoms with van der Waals surface area (Å²) in [5.74, 6) is -0.357. The molecular formula is C11H12O4. The molecule has 0 aliphatic carbocycles. The van der Waals surface area contributed by atoms with E-state index in [1.165, 1.54) is 0 Å². The van der Waals surface area contributed by atoms with Crippen LogP contribution in [-0.2, 0) is 11.2 Å². The lowest BCUT2D eigenvalue weighted by Gasteiger charge is -2.12. The van der Waals surface area contributed by atoms with Crippen LogP contribution >= 0.6 is 0 Å². The molecule has 1 aromatic carbocycles. The van der Waals surface area contributed by atoms with Gasteiger partial charge in [-0.1, -0.05) is 18.2 Å². The van der Waals surface area contributed by atoms with Crippen molar-refractivity contribution in [2.45, 2.75) is 18.9 Å². The Balaban J connectivity index is 2.28. The van der Waals surface area contributed by atoms with Crippen molar-refractivity contribution in [3.63, 3.8) is 0 Å². The van der Waals surface area contributed by atoms with Crippen LogP contribution in [0.5, 0.6) is 5.75 Å². The lowest BCUT2D eigenvalue weighted by molar-refractivity contribution is -0.139. The smallest absolute Gasteiger partial charge is 0.306 e. The van der Waals surface area contributed by atoms with Gasteiger partial charge in [-0.3, -0.25) is 4.79 Å². The second-order valence-electron chi connectivity index (χ2n) is 3.55. The van der Waals surface area contributed by atoms with E-state index in [4.69, 9.17) is 9.84 Å². The van der Waals surface area contributed by atoms with Gasteiger partial charge in [0.25, 0.3) is 0 Å². The lowest BCUT2D eigenvalue weighted by Crippen LogP contribution is -2.06. The summed E-state index contributed by atoms with van der Waals surface area (Å²) in [4.78, 5) is 10.5. The molecule has 15 heavy (non-hydrogen) atoms.